The molecule has 0 atom stereocenters. The normalized spacial score (nSPS) is 24.2. The SMILES string of the molecule is O=C(CCC1(CC(=O)N2CCCO2)CCCCC1)N1CCCO1. The average molecular weight is 324 g/mol. The Morgan fingerprint density at radius 3 is 2.00 bits per heavy atom. The number of nitrogens with zero attached hydrogens (tertiary/aromatic N) is 2. The first-order chi connectivity index (χ1) is 11.2. The maximum Gasteiger partial charge on any atom is 0.246 e. The van der Waals surface area contributed by atoms with Crippen molar-refractivity contribution in [3.63, 3.8) is 0 Å². The molecule has 2 amide bonds. The van der Waals surface area contributed by atoms with Crippen LogP contribution in [0.3, 0.4) is 0 Å². The summed E-state index contributed by atoms with van der Waals surface area (Å²) >= 11 is 0. The van der Waals surface area contributed by atoms with E-state index >= 15 is 0 Å². The van der Waals surface area contributed by atoms with Gasteiger partial charge in [-0.15, -0.1) is 0 Å². The smallest absolute Gasteiger partial charge is 0.246 e. The third-order valence-electron chi connectivity index (χ3n) is 5.37. The highest BCUT2D eigenvalue weighted by Gasteiger charge is 2.37. The summed E-state index contributed by atoms with van der Waals surface area (Å²) < 4.78 is 0. The molecule has 3 aliphatic rings. The summed E-state index contributed by atoms with van der Waals surface area (Å²) in [5.41, 5.74) is -0.0311. The highest BCUT2D eigenvalue weighted by atomic mass is 16.7. The van der Waals surface area contributed by atoms with Gasteiger partial charge in [-0.2, -0.15) is 0 Å². The van der Waals surface area contributed by atoms with Gasteiger partial charge >= 0.3 is 0 Å². The molecule has 0 unspecified atom stereocenters. The molecule has 0 spiro atoms. The zero-order chi connectivity index (χ0) is 16.1. The Labute approximate surface area is 138 Å². The highest BCUT2D eigenvalue weighted by Crippen LogP contribution is 2.44. The summed E-state index contributed by atoms with van der Waals surface area (Å²) in [5.74, 6) is 0.159. The van der Waals surface area contributed by atoms with Crippen molar-refractivity contribution in [1.82, 2.24) is 10.1 Å². The van der Waals surface area contributed by atoms with Crippen LogP contribution in [0.5, 0.6) is 0 Å². The minimum atomic E-state index is -0.0311. The van der Waals surface area contributed by atoms with Gasteiger partial charge in [-0.25, -0.2) is 10.1 Å². The predicted molar refractivity (Wildman–Crippen MR) is 83.9 cm³/mol. The van der Waals surface area contributed by atoms with E-state index in [2.05, 4.69) is 0 Å². The lowest BCUT2D eigenvalue weighted by molar-refractivity contribution is -0.174. The van der Waals surface area contributed by atoms with Crippen molar-refractivity contribution in [2.75, 3.05) is 26.3 Å². The highest BCUT2D eigenvalue weighted by molar-refractivity contribution is 5.77. The molecule has 6 heteroatoms. The molecule has 3 fully saturated rings. The fourth-order valence-corrected chi connectivity index (χ4v) is 4.01. The molecule has 0 N–H and O–H groups in total. The summed E-state index contributed by atoms with van der Waals surface area (Å²) in [7, 11) is 0. The van der Waals surface area contributed by atoms with Crippen molar-refractivity contribution in [2.24, 2.45) is 5.41 Å². The Bertz CT molecular complexity index is 422. The lowest BCUT2D eigenvalue weighted by atomic mass is 9.69. The van der Waals surface area contributed by atoms with Crippen LogP contribution in [0, 0.1) is 5.41 Å². The minimum Gasteiger partial charge on any atom is -0.273 e. The van der Waals surface area contributed by atoms with Crippen molar-refractivity contribution < 1.29 is 19.3 Å². The van der Waals surface area contributed by atoms with Gasteiger partial charge in [0.15, 0.2) is 0 Å². The maximum atomic E-state index is 12.5. The van der Waals surface area contributed by atoms with Gasteiger partial charge in [0.2, 0.25) is 11.8 Å². The van der Waals surface area contributed by atoms with E-state index in [1.54, 1.807) is 0 Å². The largest absolute Gasteiger partial charge is 0.273 e. The van der Waals surface area contributed by atoms with Crippen molar-refractivity contribution in [3.05, 3.63) is 0 Å². The molecule has 130 valence electrons. The van der Waals surface area contributed by atoms with Crippen LogP contribution in [-0.4, -0.2) is 48.2 Å². The lowest BCUT2D eigenvalue weighted by Gasteiger charge is -2.37. The minimum absolute atomic E-state index is 0.0311. The first kappa shape index (κ1) is 16.7. The van der Waals surface area contributed by atoms with E-state index in [0.717, 1.165) is 44.9 Å². The number of rotatable bonds is 5. The van der Waals surface area contributed by atoms with Crippen LogP contribution < -0.4 is 0 Å². The number of hydrogen-bond donors (Lipinski definition) is 0. The monoisotopic (exact) mass is 324 g/mol. The molecule has 6 nitrogen and oxygen atoms in total. The topological polar surface area (TPSA) is 59.1 Å². The zero-order valence-corrected chi connectivity index (χ0v) is 13.9. The van der Waals surface area contributed by atoms with E-state index in [9.17, 15) is 9.59 Å². The maximum absolute atomic E-state index is 12.5. The second-order valence-electron chi connectivity index (χ2n) is 7.10. The van der Waals surface area contributed by atoms with Crippen LogP contribution in [0.15, 0.2) is 0 Å². The van der Waals surface area contributed by atoms with Crippen molar-refractivity contribution in [1.29, 1.82) is 0 Å². The standard InChI is InChI=1S/C17H28N2O4/c20-15(18-10-4-12-22-18)6-9-17(7-2-1-3-8-17)14-16(21)19-11-5-13-23-19/h1-14H2. The summed E-state index contributed by atoms with van der Waals surface area (Å²) in [5, 5.41) is 3.03. The summed E-state index contributed by atoms with van der Waals surface area (Å²) in [6.45, 7) is 2.69. The van der Waals surface area contributed by atoms with Crippen molar-refractivity contribution >= 4 is 11.8 Å². The van der Waals surface area contributed by atoms with Gasteiger partial charge < -0.3 is 0 Å². The van der Waals surface area contributed by atoms with Gasteiger partial charge in [0, 0.05) is 12.8 Å². The predicted octanol–water partition coefficient (Wildman–Crippen LogP) is 2.44. The van der Waals surface area contributed by atoms with E-state index in [1.807, 2.05) is 0 Å². The Hall–Kier alpha value is -1.14. The van der Waals surface area contributed by atoms with Crippen LogP contribution in [-0.2, 0) is 19.3 Å². The van der Waals surface area contributed by atoms with E-state index in [4.69, 9.17) is 9.68 Å². The number of carbonyl (C=O) groups is 2. The zero-order valence-electron chi connectivity index (χ0n) is 13.9. The molecule has 0 aromatic heterocycles. The second-order valence-corrected chi connectivity index (χ2v) is 7.10. The third kappa shape index (κ3) is 4.23. The van der Waals surface area contributed by atoms with Gasteiger partial charge in [0.25, 0.3) is 0 Å². The van der Waals surface area contributed by atoms with Crippen LogP contribution in [0.1, 0.15) is 64.2 Å². The molecular formula is C17H28N2O4. The van der Waals surface area contributed by atoms with Crippen LogP contribution in [0.4, 0.5) is 0 Å². The van der Waals surface area contributed by atoms with E-state index in [1.165, 1.54) is 16.5 Å². The molecule has 0 aromatic rings. The molecule has 2 heterocycles. The average Bonchev–Trinajstić information content (AvgIpc) is 3.26. The van der Waals surface area contributed by atoms with E-state index in [0.29, 0.717) is 39.1 Å². The summed E-state index contributed by atoms with van der Waals surface area (Å²) in [6, 6.07) is 0. The number of hydrogen-bond acceptors (Lipinski definition) is 4. The number of hydroxylamine groups is 4. The number of amides is 2. The quantitative estimate of drug-likeness (QED) is 0.779. The van der Waals surface area contributed by atoms with Gasteiger partial charge in [-0.3, -0.25) is 19.3 Å². The Balaban J connectivity index is 1.57. The van der Waals surface area contributed by atoms with Gasteiger partial charge in [-0.05, 0) is 37.5 Å². The molecule has 1 saturated carbocycles. The fourth-order valence-electron chi connectivity index (χ4n) is 4.01. The number of carbonyl (C=O) groups excluding carboxylic acids is 2. The van der Waals surface area contributed by atoms with Crippen LogP contribution in [0.25, 0.3) is 0 Å². The summed E-state index contributed by atoms with van der Waals surface area (Å²) in [4.78, 5) is 35.5. The molecule has 2 aliphatic heterocycles. The first-order valence-electron chi connectivity index (χ1n) is 9.05. The fraction of sp³-hybridized carbons (Fsp3) is 0.882. The van der Waals surface area contributed by atoms with Crippen LogP contribution >= 0.6 is 0 Å². The van der Waals surface area contributed by atoms with Crippen LogP contribution in [0.2, 0.25) is 0 Å². The van der Waals surface area contributed by atoms with Crippen molar-refractivity contribution in [3.8, 4) is 0 Å². The van der Waals surface area contributed by atoms with Crippen molar-refractivity contribution in [2.45, 2.75) is 64.2 Å². The molecule has 3 rings (SSSR count). The first-order valence-corrected chi connectivity index (χ1v) is 9.05. The molecule has 0 radical (unpaired) electrons. The lowest BCUT2D eigenvalue weighted by Crippen LogP contribution is -2.36. The van der Waals surface area contributed by atoms with E-state index in [-0.39, 0.29) is 17.2 Å². The molecule has 0 aromatic carbocycles. The molecular weight excluding hydrogens is 296 g/mol. The Morgan fingerprint density at radius 2 is 1.43 bits per heavy atom. The van der Waals surface area contributed by atoms with Gasteiger partial charge in [0.05, 0.1) is 26.3 Å². The van der Waals surface area contributed by atoms with Gasteiger partial charge in [0.1, 0.15) is 0 Å². The Kier molecular flexibility index (Phi) is 5.54. The Morgan fingerprint density at radius 1 is 0.826 bits per heavy atom. The van der Waals surface area contributed by atoms with E-state index < -0.39 is 0 Å². The molecule has 1 aliphatic carbocycles. The third-order valence-corrected chi connectivity index (χ3v) is 5.37. The summed E-state index contributed by atoms with van der Waals surface area (Å²) in [6.07, 6.45) is 9.25. The molecule has 23 heavy (non-hydrogen) atoms. The molecule has 0 bridgehead atoms. The van der Waals surface area contributed by atoms with Gasteiger partial charge in [-0.1, -0.05) is 19.3 Å². The second kappa shape index (κ2) is 7.62. The molecule has 2 saturated heterocycles.